The highest BCUT2D eigenvalue weighted by Crippen LogP contribution is 2.24. The third-order valence-electron chi connectivity index (χ3n) is 5.07. The van der Waals surface area contributed by atoms with Gasteiger partial charge in [0.05, 0.1) is 19.3 Å². The molecule has 150 valence electrons. The van der Waals surface area contributed by atoms with E-state index in [1.807, 2.05) is 0 Å². The molecular weight excluding hydrogens is 374 g/mol. The number of benzene rings is 1. The number of aromatic nitrogens is 2. The maximum atomic E-state index is 12.5. The Balaban J connectivity index is 1.49. The number of methoxy groups -OCH3 is 1. The van der Waals surface area contributed by atoms with E-state index in [0.717, 1.165) is 36.9 Å². The van der Waals surface area contributed by atoms with Crippen LogP contribution in [0.25, 0.3) is 11.0 Å². The van der Waals surface area contributed by atoms with Gasteiger partial charge in [0.2, 0.25) is 0 Å². The summed E-state index contributed by atoms with van der Waals surface area (Å²) in [6.45, 7) is 0.394. The average molecular weight is 395 g/mol. The van der Waals surface area contributed by atoms with Crippen molar-refractivity contribution in [1.29, 1.82) is 0 Å². The van der Waals surface area contributed by atoms with Gasteiger partial charge in [0, 0.05) is 18.0 Å². The van der Waals surface area contributed by atoms with Gasteiger partial charge in [-0.25, -0.2) is 9.48 Å². The van der Waals surface area contributed by atoms with E-state index in [0.29, 0.717) is 16.7 Å². The largest absolute Gasteiger partial charge is 0.493 e. The van der Waals surface area contributed by atoms with Crippen molar-refractivity contribution in [2.24, 2.45) is 0 Å². The molecule has 1 aliphatic carbocycles. The minimum Gasteiger partial charge on any atom is -0.493 e. The number of ether oxygens (including phenoxy) is 1. The molecule has 0 unspecified atom stereocenters. The molecule has 0 fully saturated rings. The Morgan fingerprint density at radius 1 is 1.24 bits per heavy atom. The Morgan fingerprint density at radius 3 is 2.90 bits per heavy atom. The van der Waals surface area contributed by atoms with Gasteiger partial charge >= 0.3 is 5.63 Å². The third kappa shape index (κ3) is 3.78. The fourth-order valence-electron chi connectivity index (χ4n) is 3.57. The van der Waals surface area contributed by atoms with Crippen LogP contribution in [0.5, 0.6) is 5.75 Å². The van der Waals surface area contributed by atoms with Crippen LogP contribution >= 0.6 is 0 Å². The molecule has 1 amide bonds. The Labute approximate surface area is 166 Å². The molecule has 0 aliphatic heterocycles. The maximum Gasteiger partial charge on any atom is 0.349 e. The van der Waals surface area contributed by atoms with Gasteiger partial charge in [-0.1, -0.05) is 12.1 Å². The molecule has 1 aliphatic rings. The van der Waals surface area contributed by atoms with E-state index in [-0.39, 0.29) is 24.2 Å². The van der Waals surface area contributed by atoms with Gasteiger partial charge in [0.15, 0.2) is 11.3 Å². The maximum absolute atomic E-state index is 12.5. The molecular formula is C21H21N3O5. The molecule has 0 saturated carbocycles. The highest BCUT2D eigenvalue weighted by Gasteiger charge is 2.16. The van der Waals surface area contributed by atoms with Gasteiger partial charge in [0.1, 0.15) is 5.56 Å². The molecule has 4 rings (SSSR count). The van der Waals surface area contributed by atoms with Crippen LogP contribution in [0.4, 0.5) is 0 Å². The number of rotatable bonds is 5. The lowest BCUT2D eigenvalue weighted by molar-refractivity contribution is 0.0948. The van der Waals surface area contributed by atoms with E-state index < -0.39 is 11.5 Å². The number of para-hydroxylation sites is 1. The van der Waals surface area contributed by atoms with Gasteiger partial charge in [0.25, 0.3) is 11.5 Å². The number of aryl methyl sites for hydroxylation is 2. The zero-order valence-corrected chi connectivity index (χ0v) is 16.1. The number of carbonyl (C=O) groups excluding carboxylic acids is 1. The zero-order valence-electron chi connectivity index (χ0n) is 16.1. The number of hydrogen-bond acceptors (Lipinski definition) is 6. The lowest BCUT2D eigenvalue weighted by atomic mass is 9.97. The van der Waals surface area contributed by atoms with Gasteiger partial charge in [-0.3, -0.25) is 9.59 Å². The smallest absolute Gasteiger partial charge is 0.349 e. The first-order valence-electron chi connectivity index (χ1n) is 9.56. The van der Waals surface area contributed by atoms with Crippen LogP contribution in [0, 0.1) is 0 Å². The highest BCUT2D eigenvalue weighted by molar-refractivity contribution is 5.97. The summed E-state index contributed by atoms with van der Waals surface area (Å²) in [7, 11) is 1.48. The summed E-state index contributed by atoms with van der Waals surface area (Å²) in [5.41, 5.74) is 1.23. The topological polar surface area (TPSA) is 103 Å². The van der Waals surface area contributed by atoms with E-state index in [1.54, 1.807) is 24.3 Å². The molecule has 2 heterocycles. The van der Waals surface area contributed by atoms with Gasteiger partial charge in [-0.2, -0.15) is 5.10 Å². The van der Waals surface area contributed by atoms with E-state index in [4.69, 9.17) is 9.15 Å². The number of carbonyl (C=O) groups is 1. The van der Waals surface area contributed by atoms with Crippen molar-refractivity contribution in [3.05, 3.63) is 67.9 Å². The van der Waals surface area contributed by atoms with Crippen molar-refractivity contribution in [3.63, 3.8) is 0 Å². The van der Waals surface area contributed by atoms with Crippen LogP contribution in [0.3, 0.4) is 0 Å². The third-order valence-corrected chi connectivity index (χ3v) is 5.07. The van der Waals surface area contributed by atoms with E-state index in [1.165, 1.54) is 17.9 Å². The standard InChI is InChI=1S/C21H21N3O5/c1-28-17-8-4-6-14-11-15(21(27)29-19(14)17)20(26)22-9-10-24-18(25)12-13-5-2-3-7-16(13)23-24/h4,6,8,11-12H,2-3,5,7,9-10H2,1H3,(H,22,26). The number of fused-ring (bicyclic) bond motifs is 2. The SMILES string of the molecule is COc1cccc2cc(C(=O)NCCn3nc4c(cc3=O)CCCC4)c(=O)oc12. The monoisotopic (exact) mass is 395 g/mol. The molecule has 0 atom stereocenters. The van der Waals surface area contributed by atoms with Crippen molar-refractivity contribution >= 4 is 16.9 Å². The molecule has 8 nitrogen and oxygen atoms in total. The van der Waals surface area contributed by atoms with Crippen molar-refractivity contribution in [3.8, 4) is 5.75 Å². The van der Waals surface area contributed by atoms with E-state index in [9.17, 15) is 14.4 Å². The summed E-state index contributed by atoms with van der Waals surface area (Å²) in [6.07, 6.45) is 3.90. The number of hydrogen-bond donors (Lipinski definition) is 1. The summed E-state index contributed by atoms with van der Waals surface area (Å²) in [5, 5.41) is 7.66. The summed E-state index contributed by atoms with van der Waals surface area (Å²) in [6, 6.07) is 8.26. The lowest BCUT2D eigenvalue weighted by Crippen LogP contribution is -2.34. The molecule has 8 heteroatoms. The first kappa shape index (κ1) is 18.9. The van der Waals surface area contributed by atoms with Gasteiger partial charge in [-0.15, -0.1) is 0 Å². The first-order chi connectivity index (χ1) is 14.1. The van der Waals surface area contributed by atoms with Crippen molar-refractivity contribution < 1.29 is 13.9 Å². The van der Waals surface area contributed by atoms with Gasteiger partial charge < -0.3 is 14.5 Å². The molecule has 0 saturated heterocycles. The quantitative estimate of drug-likeness (QED) is 0.659. The fraction of sp³-hybridized carbons (Fsp3) is 0.333. The molecule has 0 spiro atoms. The predicted molar refractivity (Wildman–Crippen MR) is 107 cm³/mol. The number of nitrogens with one attached hydrogen (secondary N) is 1. The predicted octanol–water partition coefficient (Wildman–Crippen LogP) is 1.67. The van der Waals surface area contributed by atoms with E-state index in [2.05, 4.69) is 10.4 Å². The summed E-state index contributed by atoms with van der Waals surface area (Å²) in [4.78, 5) is 36.9. The number of nitrogens with zero attached hydrogens (tertiary/aromatic N) is 2. The van der Waals surface area contributed by atoms with Crippen molar-refractivity contribution in [1.82, 2.24) is 15.1 Å². The minimum absolute atomic E-state index is 0.100. The van der Waals surface area contributed by atoms with Crippen LogP contribution in [0.2, 0.25) is 0 Å². The molecule has 29 heavy (non-hydrogen) atoms. The van der Waals surface area contributed by atoms with Crippen LogP contribution in [0.1, 0.15) is 34.5 Å². The molecule has 2 aromatic heterocycles. The zero-order chi connectivity index (χ0) is 20.4. The summed E-state index contributed by atoms with van der Waals surface area (Å²) < 4.78 is 11.8. The van der Waals surface area contributed by atoms with Crippen molar-refractivity contribution in [2.75, 3.05) is 13.7 Å². The molecule has 0 radical (unpaired) electrons. The summed E-state index contributed by atoms with van der Waals surface area (Å²) in [5.74, 6) is -0.140. The van der Waals surface area contributed by atoms with Crippen LogP contribution in [0.15, 0.2) is 44.3 Å². The summed E-state index contributed by atoms with van der Waals surface area (Å²) >= 11 is 0. The van der Waals surface area contributed by atoms with Crippen LogP contribution < -0.4 is 21.2 Å². The lowest BCUT2D eigenvalue weighted by Gasteiger charge is -2.16. The minimum atomic E-state index is -0.747. The van der Waals surface area contributed by atoms with Gasteiger partial charge in [-0.05, 0) is 43.4 Å². The Morgan fingerprint density at radius 2 is 2.07 bits per heavy atom. The fourth-order valence-corrected chi connectivity index (χ4v) is 3.57. The normalized spacial score (nSPS) is 13.1. The highest BCUT2D eigenvalue weighted by atomic mass is 16.5. The molecule has 0 bridgehead atoms. The molecule has 1 aromatic carbocycles. The van der Waals surface area contributed by atoms with Crippen LogP contribution in [-0.2, 0) is 19.4 Å². The second-order valence-corrected chi connectivity index (χ2v) is 6.97. The van der Waals surface area contributed by atoms with Crippen molar-refractivity contribution in [2.45, 2.75) is 32.2 Å². The second-order valence-electron chi connectivity index (χ2n) is 6.97. The van der Waals surface area contributed by atoms with Crippen LogP contribution in [-0.4, -0.2) is 29.3 Å². The van der Waals surface area contributed by atoms with E-state index >= 15 is 0 Å². The first-order valence-corrected chi connectivity index (χ1v) is 9.56. The Bertz CT molecular complexity index is 1200. The Hall–Kier alpha value is -3.42. The molecule has 3 aromatic rings. The average Bonchev–Trinajstić information content (AvgIpc) is 2.73. The Kier molecular flexibility index (Phi) is 5.16. The second kappa shape index (κ2) is 7.90. The number of amides is 1. The molecule has 1 N–H and O–H groups in total.